The minimum absolute atomic E-state index is 0.104. The Morgan fingerprint density at radius 2 is 0.759 bits per heavy atom. The normalized spacial score (nSPS) is 13.5. The summed E-state index contributed by atoms with van der Waals surface area (Å²) in [6, 6.07) is 65.1. The van der Waals surface area contributed by atoms with Crippen LogP contribution in [0.1, 0.15) is 25.0 Å². The Morgan fingerprint density at radius 1 is 0.333 bits per heavy atom. The Balaban J connectivity index is 1.30. The highest BCUT2D eigenvalue weighted by Crippen LogP contribution is 2.52. The van der Waals surface area contributed by atoms with Crippen molar-refractivity contribution < 1.29 is 0 Å². The fourth-order valence-corrected chi connectivity index (χ4v) is 9.83. The van der Waals surface area contributed by atoms with Crippen LogP contribution in [0.25, 0.3) is 93.6 Å². The van der Waals surface area contributed by atoms with Gasteiger partial charge in [-0.15, -0.1) is 0 Å². The van der Waals surface area contributed by atoms with Crippen LogP contribution in [0.15, 0.2) is 176 Å². The summed E-state index contributed by atoms with van der Waals surface area (Å²) in [5, 5.41) is 7.50. The largest absolute Gasteiger partial charge is 0.309 e. The lowest BCUT2D eigenvalue weighted by atomic mass is 9.82. The molecule has 254 valence electrons. The number of hydrogen-bond acceptors (Lipinski definition) is 0. The first kappa shape index (κ1) is 29.7. The van der Waals surface area contributed by atoms with Gasteiger partial charge in [0.1, 0.15) is 0 Å². The zero-order valence-corrected chi connectivity index (χ0v) is 30.1. The molecule has 3 nitrogen and oxygen atoms in total. The summed E-state index contributed by atoms with van der Waals surface area (Å²) in [4.78, 5) is 0. The number of aromatic nitrogens is 3. The minimum Gasteiger partial charge on any atom is -0.309 e. The first-order valence-corrected chi connectivity index (χ1v) is 18.9. The van der Waals surface area contributed by atoms with Gasteiger partial charge in [-0.3, -0.25) is 0 Å². The van der Waals surface area contributed by atoms with Crippen molar-refractivity contribution in [3.05, 3.63) is 187 Å². The quantitative estimate of drug-likeness (QED) is 0.175. The molecule has 0 N–H and O–H groups in total. The standard InChI is InChI=1S/C51H35N3/c1-51(2)41-23-12-9-22-36(41)50-42(51)24-15-27-45(50)54-48-28-37-34-20-10-13-25-43(34)52(32-16-5-3-6-17-32)46(37)30-39(48)40-31-47-38(29-49(40)54)35-21-11-14-26-44(35)53(47)33-18-7-4-8-19-33/h3-31H,1-2H3. The van der Waals surface area contributed by atoms with Gasteiger partial charge in [-0.2, -0.15) is 0 Å². The zero-order chi connectivity index (χ0) is 35.7. The number of fused-ring (bicyclic) bond motifs is 12. The molecule has 1 aliphatic rings. The van der Waals surface area contributed by atoms with Crippen molar-refractivity contribution in [3.8, 4) is 28.2 Å². The monoisotopic (exact) mass is 689 g/mol. The molecule has 0 spiro atoms. The van der Waals surface area contributed by atoms with E-state index in [0.717, 1.165) is 11.4 Å². The summed E-state index contributed by atoms with van der Waals surface area (Å²) in [5.74, 6) is 0. The topological polar surface area (TPSA) is 14.8 Å². The molecule has 0 fully saturated rings. The van der Waals surface area contributed by atoms with Gasteiger partial charge in [-0.1, -0.05) is 123 Å². The molecular weight excluding hydrogens is 655 g/mol. The molecule has 3 heterocycles. The Bertz CT molecular complexity index is 3170. The van der Waals surface area contributed by atoms with Gasteiger partial charge < -0.3 is 13.7 Å². The van der Waals surface area contributed by atoms with E-state index in [1.165, 1.54) is 93.4 Å². The molecule has 0 unspecified atom stereocenters. The van der Waals surface area contributed by atoms with E-state index in [0.29, 0.717) is 0 Å². The molecule has 0 bridgehead atoms. The highest BCUT2D eigenvalue weighted by molar-refractivity contribution is 6.23. The predicted molar refractivity (Wildman–Crippen MR) is 227 cm³/mol. The Labute approximate surface area is 312 Å². The van der Waals surface area contributed by atoms with Crippen LogP contribution < -0.4 is 0 Å². The lowest BCUT2D eigenvalue weighted by Gasteiger charge is -2.22. The zero-order valence-electron chi connectivity index (χ0n) is 30.1. The van der Waals surface area contributed by atoms with E-state index in [9.17, 15) is 0 Å². The van der Waals surface area contributed by atoms with E-state index in [2.05, 4.69) is 203 Å². The van der Waals surface area contributed by atoms with Crippen molar-refractivity contribution in [1.82, 2.24) is 13.7 Å². The summed E-state index contributed by atoms with van der Waals surface area (Å²) in [5.41, 5.74) is 16.1. The summed E-state index contributed by atoms with van der Waals surface area (Å²) >= 11 is 0. The van der Waals surface area contributed by atoms with Crippen LogP contribution in [-0.2, 0) is 5.41 Å². The van der Waals surface area contributed by atoms with Crippen LogP contribution >= 0.6 is 0 Å². The van der Waals surface area contributed by atoms with Crippen molar-refractivity contribution in [2.24, 2.45) is 0 Å². The van der Waals surface area contributed by atoms with E-state index >= 15 is 0 Å². The first-order chi connectivity index (χ1) is 26.6. The predicted octanol–water partition coefficient (Wildman–Crippen LogP) is 13.3. The van der Waals surface area contributed by atoms with Gasteiger partial charge in [-0.25, -0.2) is 0 Å². The molecular formula is C51H35N3. The number of rotatable bonds is 3. The molecule has 11 aromatic rings. The third-order valence-electron chi connectivity index (χ3n) is 12.2. The highest BCUT2D eigenvalue weighted by Gasteiger charge is 2.37. The van der Waals surface area contributed by atoms with Crippen molar-refractivity contribution in [2.75, 3.05) is 0 Å². The maximum Gasteiger partial charge on any atom is 0.0549 e. The SMILES string of the molecule is CC1(C)c2ccccc2-c2c(-n3c4cc5c6ccccc6n(-c6ccccc6)c5cc4c4cc5c(cc43)c3ccccc3n5-c3ccccc3)cccc21. The molecule has 0 saturated carbocycles. The van der Waals surface area contributed by atoms with Crippen LogP contribution in [0.2, 0.25) is 0 Å². The number of nitrogens with zero attached hydrogens (tertiary/aromatic N) is 3. The summed E-state index contributed by atoms with van der Waals surface area (Å²) in [7, 11) is 0. The summed E-state index contributed by atoms with van der Waals surface area (Å²) < 4.78 is 7.45. The van der Waals surface area contributed by atoms with Gasteiger partial charge >= 0.3 is 0 Å². The molecule has 8 aromatic carbocycles. The Hall–Kier alpha value is -6.84. The molecule has 0 saturated heterocycles. The lowest BCUT2D eigenvalue weighted by Crippen LogP contribution is -2.14. The van der Waals surface area contributed by atoms with E-state index in [1.54, 1.807) is 0 Å². The van der Waals surface area contributed by atoms with E-state index in [4.69, 9.17) is 0 Å². The van der Waals surface area contributed by atoms with Gasteiger partial charge in [0.05, 0.1) is 38.8 Å². The second kappa shape index (κ2) is 10.6. The molecule has 1 aliphatic carbocycles. The van der Waals surface area contributed by atoms with Crippen molar-refractivity contribution >= 4 is 65.4 Å². The maximum atomic E-state index is 2.57. The van der Waals surface area contributed by atoms with E-state index in [-0.39, 0.29) is 5.41 Å². The van der Waals surface area contributed by atoms with Crippen LogP contribution in [0.5, 0.6) is 0 Å². The highest BCUT2D eigenvalue weighted by atomic mass is 15.0. The maximum absolute atomic E-state index is 2.57. The first-order valence-electron chi connectivity index (χ1n) is 18.9. The molecule has 0 radical (unpaired) electrons. The number of para-hydroxylation sites is 4. The summed E-state index contributed by atoms with van der Waals surface area (Å²) in [6.45, 7) is 4.74. The van der Waals surface area contributed by atoms with Crippen molar-refractivity contribution in [3.63, 3.8) is 0 Å². The smallest absolute Gasteiger partial charge is 0.0549 e. The number of hydrogen-bond donors (Lipinski definition) is 0. The fraction of sp³-hybridized carbons (Fsp3) is 0.0588. The van der Waals surface area contributed by atoms with Gasteiger partial charge in [0, 0.05) is 54.7 Å². The fourth-order valence-electron chi connectivity index (χ4n) is 9.83. The molecule has 54 heavy (non-hydrogen) atoms. The van der Waals surface area contributed by atoms with Gasteiger partial charge in [0.25, 0.3) is 0 Å². The molecule has 12 rings (SSSR count). The van der Waals surface area contributed by atoms with Crippen LogP contribution in [-0.4, -0.2) is 13.7 Å². The second-order valence-electron chi connectivity index (χ2n) is 15.4. The Morgan fingerprint density at radius 3 is 1.31 bits per heavy atom. The molecule has 3 heteroatoms. The third-order valence-corrected chi connectivity index (χ3v) is 12.2. The summed E-state index contributed by atoms with van der Waals surface area (Å²) in [6.07, 6.45) is 0. The van der Waals surface area contributed by atoms with Gasteiger partial charge in [-0.05, 0) is 83.4 Å². The minimum atomic E-state index is -0.104. The van der Waals surface area contributed by atoms with Crippen molar-refractivity contribution in [2.45, 2.75) is 19.3 Å². The molecule has 0 aliphatic heterocycles. The van der Waals surface area contributed by atoms with Crippen LogP contribution in [0.4, 0.5) is 0 Å². The second-order valence-corrected chi connectivity index (χ2v) is 15.4. The molecule has 0 atom stereocenters. The molecule has 3 aromatic heterocycles. The van der Waals surface area contributed by atoms with E-state index < -0.39 is 0 Å². The van der Waals surface area contributed by atoms with Crippen LogP contribution in [0.3, 0.4) is 0 Å². The van der Waals surface area contributed by atoms with Crippen molar-refractivity contribution in [1.29, 1.82) is 0 Å². The van der Waals surface area contributed by atoms with Gasteiger partial charge in [0.2, 0.25) is 0 Å². The average Bonchev–Trinajstić information content (AvgIpc) is 3.90. The van der Waals surface area contributed by atoms with Crippen LogP contribution in [0, 0.1) is 0 Å². The lowest BCUT2D eigenvalue weighted by molar-refractivity contribution is 0.660. The van der Waals surface area contributed by atoms with E-state index in [1.807, 2.05) is 0 Å². The van der Waals surface area contributed by atoms with Gasteiger partial charge in [0.15, 0.2) is 0 Å². The Kier molecular flexibility index (Phi) is 5.84. The third kappa shape index (κ3) is 3.80. The number of benzene rings is 8. The molecule has 0 amide bonds. The average molecular weight is 690 g/mol.